The summed E-state index contributed by atoms with van der Waals surface area (Å²) in [7, 11) is 0. The maximum Gasteiger partial charge on any atom is 0.262 e. The van der Waals surface area contributed by atoms with E-state index in [-0.39, 0.29) is 5.56 Å². The van der Waals surface area contributed by atoms with Gasteiger partial charge < -0.3 is 9.72 Å². The minimum atomic E-state index is -0.00935. The number of aryl methyl sites for hydroxylation is 3. The Balaban J connectivity index is 1.62. The lowest BCUT2D eigenvalue weighted by Crippen LogP contribution is -2.21. The van der Waals surface area contributed by atoms with E-state index in [0.717, 1.165) is 17.9 Å². The highest BCUT2D eigenvalue weighted by Crippen LogP contribution is 2.12. The second-order valence-corrected chi connectivity index (χ2v) is 5.48. The third kappa shape index (κ3) is 3.03. The molecule has 0 spiro atoms. The van der Waals surface area contributed by atoms with Crippen molar-refractivity contribution in [1.29, 1.82) is 0 Å². The van der Waals surface area contributed by atoms with E-state index in [2.05, 4.69) is 9.97 Å². The fourth-order valence-corrected chi connectivity index (χ4v) is 2.46. The molecule has 0 unspecified atom stereocenters. The molecule has 0 bridgehead atoms. The summed E-state index contributed by atoms with van der Waals surface area (Å²) in [5.41, 5.74) is 2.76. The van der Waals surface area contributed by atoms with Crippen molar-refractivity contribution in [2.45, 2.75) is 26.8 Å². The van der Waals surface area contributed by atoms with E-state index in [9.17, 15) is 4.79 Å². The van der Waals surface area contributed by atoms with Gasteiger partial charge in [0.2, 0.25) is 0 Å². The maximum absolute atomic E-state index is 12.3. The van der Waals surface area contributed by atoms with Crippen LogP contribution in [-0.2, 0) is 6.54 Å². The first-order valence-corrected chi connectivity index (χ1v) is 7.38. The van der Waals surface area contributed by atoms with Gasteiger partial charge in [-0.2, -0.15) is 0 Å². The average molecular weight is 297 g/mol. The summed E-state index contributed by atoms with van der Waals surface area (Å²) in [5, 5.41) is 0.639. The van der Waals surface area contributed by atoms with Crippen molar-refractivity contribution in [2.75, 3.05) is 6.61 Å². The number of H-pyrrole nitrogens is 1. The number of hydrogen-bond donors (Lipinski definition) is 1. The molecule has 5 heteroatoms. The number of benzene rings is 1. The lowest BCUT2D eigenvalue weighted by Gasteiger charge is -2.08. The van der Waals surface area contributed by atoms with Gasteiger partial charge >= 0.3 is 0 Å². The number of nitrogens with zero attached hydrogens (tertiary/aromatic N) is 2. The Kier molecular flexibility index (Phi) is 3.96. The molecule has 0 radical (unpaired) electrons. The van der Waals surface area contributed by atoms with Crippen LogP contribution in [0.25, 0.3) is 11.0 Å². The van der Waals surface area contributed by atoms with Crippen LogP contribution < -0.4 is 10.3 Å². The van der Waals surface area contributed by atoms with E-state index >= 15 is 0 Å². The number of fused-ring (bicyclic) bond motifs is 1. The molecule has 0 saturated carbocycles. The number of rotatable bonds is 5. The zero-order chi connectivity index (χ0) is 15.5. The van der Waals surface area contributed by atoms with E-state index < -0.39 is 0 Å². The molecule has 2 aromatic heterocycles. The van der Waals surface area contributed by atoms with Crippen LogP contribution in [0.2, 0.25) is 0 Å². The van der Waals surface area contributed by atoms with Gasteiger partial charge in [-0.05, 0) is 44.0 Å². The molecular weight excluding hydrogens is 278 g/mol. The first-order chi connectivity index (χ1) is 10.6. The predicted molar refractivity (Wildman–Crippen MR) is 86.4 cm³/mol. The molecule has 3 aromatic rings. The van der Waals surface area contributed by atoms with Crippen molar-refractivity contribution >= 4 is 11.0 Å². The lowest BCUT2D eigenvalue weighted by atomic mass is 10.2. The summed E-state index contributed by atoms with van der Waals surface area (Å²) in [4.78, 5) is 19.7. The van der Waals surface area contributed by atoms with Crippen molar-refractivity contribution in [1.82, 2.24) is 14.5 Å². The molecule has 2 heterocycles. The summed E-state index contributed by atoms with van der Waals surface area (Å²) in [6.07, 6.45) is 2.34. The molecule has 0 aliphatic heterocycles. The highest BCUT2D eigenvalue weighted by atomic mass is 16.5. The number of nitrogens with one attached hydrogen (secondary N) is 1. The summed E-state index contributed by atoms with van der Waals surface area (Å²) in [5.74, 6) is 0.863. The van der Waals surface area contributed by atoms with Crippen LogP contribution >= 0.6 is 0 Å². The highest BCUT2D eigenvalue weighted by molar-refractivity contribution is 5.74. The Morgan fingerprint density at radius 1 is 1.27 bits per heavy atom. The van der Waals surface area contributed by atoms with E-state index in [0.29, 0.717) is 24.2 Å². The fourth-order valence-electron chi connectivity index (χ4n) is 2.46. The van der Waals surface area contributed by atoms with Crippen molar-refractivity contribution < 1.29 is 4.74 Å². The zero-order valence-corrected chi connectivity index (χ0v) is 12.8. The molecule has 114 valence electrons. The van der Waals surface area contributed by atoms with E-state index in [1.54, 1.807) is 10.9 Å². The SMILES string of the molecule is Cc1cccc(OCCCn2cnc3[nH]c(C)cc3c2=O)c1. The zero-order valence-electron chi connectivity index (χ0n) is 12.8. The highest BCUT2D eigenvalue weighted by Gasteiger charge is 2.06. The number of hydrogen-bond acceptors (Lipinski definition) is 3. The quantitative estimate of drug-likeness (QED) is 0.737. The molecule has 22 heavy (non-hydrogen) atoms. The Hall–Kier alpha value is -2.56. The lowest BCUT2D eigenvalue weighted by molar-refractivity contribution is 0.300. The largest absolute Gasteiger partial charge is 0.494 e. The summed E-state index contributed by atoms with van der Waals surface area (Å²) in [6.45, 7) is 5.12. The van der Waals surface area contributed by atoms with Gasteiger partial charge in [0.1, 0.15) is 11.4 Å². The van der Waals surface area contributed by atoms with Gasteiger partial charge in [-0.3, -0.25) is 9.36 Å². The number of ether oxygens (including phenoxy) is 1. The van der Waals surface area contributed by atoms with Gasteiger partial charge in [0.05, 0.1) is 18.3 Å². The Morgan fingerprint density at radius 2 is 2.14 bits per heavy atom. The molecular formula is C17H19N3O2. The first kappa shape index (κ1) is 14.4. The second-order valence-electron chi connectivity index (χ2n) is 5.48. The Bertz CT molecular complexity index is 848. The number of aromatic nitrogens is 3. The normalized spacial score (nSPS) is 11.0. The number of aromatic amines is 1. The van der Waals surface area contributed by atoms with Gasteiger partial charge in [-0.1, -0.05) is 12.1 Å². The molecule has 1 aromatic carbocycles. The molecule has 0 saturated heterocycles. The van der Waals surface area contributed by atoms with Crippen LogP contribution in [0.1, 0.15) is 17.7 Å². The summed E-state index contributed by atoms with van der Waals surface area (Å²) < 4.78 is 7.33. The first-order valence-electron chi connectivity index (χ1n) is 7.38. The van der Waals surface area contributed by atoms with Gasteiger partial charge in [0.15, 0.2) is 0 Å². The fraction of sp³-hybridized carbons (Fsp3) is 0.294. The van der Waals surface area contributed by atoms with Gasteiger partial charge in [0, 0.05) is 12.2 Å². The third-order valence-corrected chi connectivity index (χ3v) is 3.55. The topological polar surface area (TPSA) is 59.9 Å². The van der Waals surface area contributed by atoms with Crippen molar-refractivity contribution in [3.8, 4) is 5.75 Å². The van der Waals surface area contributed by atoms with Crippen LogP contribution in [0.5, 0.6) is 5.75 Å². The smallest absolute Gasteiger partial charge is 0.262 e. The van der Waals surface area contributed by atoms with E-state index in [1.807, 2.05) is 44.2 Å². The monoisotopic (exact) mass is 297 g/mol. The molecule has 3 rings (SSSR count). The van der Waals surface area contributed by atoms with Crippen LogP contribution in [0.3, 0.4) is 0 Å². The summed E-state index contributed by atoms with van der Waals surface area (Å²) >= 11 is 0. The molecule has 5 nitrogen and oxygen atoms in total. The van der Waals surface area contributed by atoms with Crippen LogP contribution in [0.4, 0.5) is 0 Å². The minimum absolute atomic E-state index is 0.00935. The average Bonchev–Trinajstić information content (AvgIpc) is 2.87. The molecule has 0 aliphatic carbocycles. The standard InChI is InChI=1S/C17H19N3O2/c1-12-5-3-6-14(9-12)22-8-4-7-20-11-18-16-15(17(20)21)10-13(2)19-16/h3,5-6,9-11,19H,4,7-8H2,1-2H3. The predicted octanol–water partition coefficient (Wildman–Crippen LogP) is 2.81. The van der Waals surface area contributed by atoms with Crippen molar-refractivity contribution in [3.63, 3.8) is 0 Å². The molecule has 0 atom stereocenters. The molecule has 1 N–H and O–H groups in total. The van der Waals surface area contributed by atoms with Crippen LogP contribution in [-0.4, -0.2) is 21.1 Å². The Morgan fingerprint density at radius 3 is 2.95 bits per heavy atom. The van der Waals surface area contributed by atoms with Gasteiger partial charge in [0.25, 0.3) is 5.56 Å². The van der Waals surface area contributed by atoms with Crippen molar-refractivity contribution in [2.24, 2.45) is 0 Å². The van der Waals surface area contributed by atoms with Crippen LogP contribution in [0, 0.1) is 13.8 Å². The summed E-state index contributed by atoms with van der Waals surface area (Å²) in [6, 6.07) is 9.79. The molecule has 0 aliphatic rings. The Labute approximate surface area is 128 Å². The maximum atomic E-state index is 12.3. The molecule has 0 amide bonds. The van der Waals surface area contributed by atoms with Crippen molar-refractivity contribution in [3.05, 3.63) is 58.3 Å². The molecule has 0 fully saturated rings. The van der Waals surface area contributed by atoms with Gasteiger partial charge in [-0.15, -0.1) is 0 Å². The third-order valence-electron chi connectivity index (χ3n) is 3.55. The van der Waals surface area contributed by atoms with E-state index in [1.165, 1.54) is 5.56 Å². The van der Waals surface area contributed by atoms with E-state index in [4.69, 9.17) is 4.74 Å². The minimum Gasteiger partial charge on any atom is -0.494 e. The van der Waals surface area contributed by atoms with Crippen LogP contribution in [0.15, 0.2) is 41.5 Å². The van der Waals surface area contributed by atoms with Gasteiger partial charge in [-0.25, -0.2) is 4.98 Å². The second kappa shape index (κ2) is 6.05.